The molecule has 0 spiro atoms. The zero-order valence-corrected chi connectivity index (χ0v) is 53.2. The molecule has 1 amide bonds. The first-order valence-corrected chi connectivity index (χ1v) is 35.0. The summed E-state index contributed by atoms with van der Waals surface area (Å²) in [5.41, 5.74) is 0. The maximum atomic E-state index is 13.2. The number of aliphatic hydroxyl groups is 7. The van der Waals surface area contributed by atoms with Crippen molar-refractivity contribution in [3.8, 4) is 0 Å². The number of allylic oxidation sites excluding steroid dienone is 8. The van der Waals surface area contributed by atoms with Crippen LogP contribution in [0.15, 0.2) is 48.6 Å². The van der Waals surface area contributed by atoms with E-state index in [4.69, 9.17) is 9.47 Å². The molecular formula is C71H133NO10. The van der Waals surface area contributed by atoms with Crippen LogP contribution in [-0.4, -0.2) is 110 Å². The molecule has 1 rings (SSSR count). The third kappa shape index (κ3) is 46.3. The molecule has 1 heterocycles. The van der Waals surface area contributed by atoms with E-state index in [1.807, 2.05) is 0 Å². The van der Waals surface area contributed by atoms with Crippen LogP contribution in [0.3, 0.4) is 0 Å². The van der Waals surface area contributed by atoms with E-state index in [2.05, 4.69) is 67.8 Å². The van der Waals surface area contributed by atoms with E-state index in [0.717, 1.165) is 44.9 Å². The molecule has 9 atom stereocenters. The van der Waals surface area contributed by atoms with Crippen LogP contribution in [-0.2, 0) is 14.3 Å². The minimum Gasteiger partial charge on any atom is -0.394 e. The summed E-state index contributed by atoms with van der Waals surface area (Å²) < 4.78 is 11.2. The summed E-state index contributed by atoms with van der Waals surface area (Å²) in [5, 5.41) is 76.4. The van der Waals surface area contributed by atoms with E-state index >= 15 is 0 Å². The van der Waals surface area contributed by atoms with Gasteiger partial charge in [-0.15, -0.1) is 0 Å². The molecule has 0 bridgehead atoms. The van der Waals surface area contributed by atoms with Crippen molar-refractivity contribution in [2.75, 3.05) is 13.2 Å². The first kappa shape index (κ1) is 78.1. The molecule has 8 N–H and O–H groups in total. The first-order chi connectivity index (χ1) is 40.2. The topological polar surface area (TPSA) is 189 Å². The molecule has 82 heavy (non-hydrogen) atoms. The second-order valence-corrected chi connectivity index (χ2v) is 24.6. The van der Waals surface area contributed by atoms with Crippen LogP contribution < -0.4 is 5.32 Å². The van der Waals surface area contributed by atoms with E-state index in [1.165, 1.54) is 238 Å². The number of aliphatic hydroxyl groups excluding tert-OH is 7. The van der Waals surface area contributed by atoms with Gasteiger partial charge in [-0.05, 0) is 83.5 Å². The van der Waals surface area contributed by atoms with Crippen LogP contribution in [0.25, 0.3) is 0 Å². The molecule has 0 aliphatic carbocycles. The quantitative estimate of drug-likeness (QED) is 0.0215. The van der Waals surface area contributed by atoms with Gasteiger partial charge in [0, 0.05) is 0 Å². The number of rotatable bonds is 61. The standard InChI is InChI=1S/C71H133NO10/c1-3-5-7-9-11-13-15-17-19-21-23-25-27-28-29-30-31-32-33-34-35-37-39-41-43-45-47-49-51-53-55-57-59-64(75)70(80)72-62(61-81-71-69(79)68(78)67(77)65(60-73)82-71)66(76)63(74)58-56-54-52-50-48-46-44-42-40-38-36-26-24-22-20-18-16-14-12-10-8-6-4-2/h23,25,28-29,42,44,50,52,62-69,71,73-79H,3-22,24,26-27,30-41,43,45-49,51,53-61H2,1-2H3,(H,72,80)/b25-23-,29-28-,44-42+,52-50+. The maximum absolute atomic E-state index is 13.2. The summed E-state index contributed by atoms with van der Waals surface area (Å²) in [6.07, 6.45) is 66.2. The second-order valence-electron chi connectivity index (χ2n) is 24.6. The summed E-state index contributed by atoms with van der Waals surface area (Å²) >= 11 is 0. The van der Waals surface area contributed by atoms with Crippen molar-refractivity contribution in [3.63, 3.8) is 0 Å². The first-order valence-electron chi connectivity index (χ1n) is 35.0. The van der Waals surface area contributed by atoms with Gasteiger partial charge in [0.25, 0.3) is 0 Å². The van der Waals surface area contributed by atoms with Gasteiger partial charge in [-0.25, -0.2) is 0 Å². The Labute approximate surface area is 504 Å². The van der Waals surface area contributed by atoms with Crippen molar-refractivity contribution in [1.82, 2.24) is 5.32 Å². The largest absolute Gasteiger partial charge is 0.394 e. The second kappa shape index (κ2) is 59.4. The summed E-state index contributed by atoms with van der Waals surface area (Å²) in [6.45, 7) is 3.48. The number of ether oxygens (including phenoxy) is 2. The molecule has 1 fully saturated rings. The lowest BCUT2D eigenvalue weighted by Gasteiger charge is -2.40. The van der Waals surface area contributed by atoms with Gasteiger partial charge in [0.2, 0.25) is 5.91 Å². The predicted molar refractivity (Wildman–Crippen MR) is 344 cm³/mol. The zero-order chi connectivity index (χ0) is 59.6. The normalized spacial score (nSPS) is 19.4. The summed E-state index contributed by atoms with van der Waals surface area (Å²) in [5.74, 6) is -0.707. The van der Waals surface area contributed by atoms with Crippen molar-refractivity contribution < 1.29 is 50.0 Å². The lowest BCUT2D eigenvalue weighted by Crippen LogP contribution is -2.60. The van der Waals surface area contributed by atoms with Crippen LogP contribution in [0.1, 0.15) is 328 Å². The lowest BCUT2D eigenvalue weighted by atomic mass is 9.98. The summed E-state index contributed by atoms with van der Waals surface area (Å²) in [7, 11) is 0. The third-order valence-corrected chi connectivity index (χ3v) is 16.8. The number of unbranched alkanes of at least 4 members (excludes halogenated alkanes) is 41. The van der Waals surface area contributed by atoms with Crippen molar-refractivity contribution in [1.29, 1.82) is 0 Å². The highest BCUT2D eigenvalue weighted by Gasteiger charge is 2.44. The number of carbonyl (C=O) groups excluding carboxylic acids is 1. The SMILES string of the molecule is CCCCCCCCCCC/C=C\C/C=C\CCCCCCCCCCCCCCCCCCC(O)C(=O)NC(COC1OC(CO)C(O)C(O)C1O)C(O)C(O)CCC/C=C/CC/C=C/CCCCCCCCCCCCCCCC. The molecule has 1 aliphatic heterocycles. The highest BCUT2D eigenvalue weighted by Crippen LogP contribution is 2.24. The molecule has 11 nitrogen and oxygen atoms in total. The highest BCUT2D eigenvalue weighted by molar-refractivity contribution is 5.80. The Balaban J connectivity index is 2.22. The molecule has 11 heteroatoms. The fourth-order valence-corrected chi connectivity index (χ4v) is 11.2. The number of hydrogen-bond acceptors (Lipinski definition) is 10. The number of nitrogens with one attached hydrogen (secondary N) is 1. The summed E-state index contributed by atoms with van der Waals surface area (Å²) in [6, 6.07) is -1.19. The van der Waals surface area contributed by atoms with Gasteiger partial charge in [-0.1, -0.05) is 294 Å². The van der Waals surface area contributed by atoms with Gasteiger partial charge < -0.3 is 50.5 Å². The predicted octanol–water partition coefficient (Wildman–Crippen LogP) is 16.7. The average Bonchev–Trinajstić information content (AvgIpc) is 3.49. The monoisotopic (exact) mass is 1160 g/mol. The van der Waals surface area contributed by atoms with Crippen LogP contribution in [0.5, 0.6) is 0 Å². The molecule has 9 unspecified atom stereocenters. The fraction of sp³-hybridized carbons (Fsp3) is 0.873. The Hall–Kier alpha value is -1.93. The van der Waals surface area contributed by atoms with Crippen LogP contribution in [0.4, 0.5) is 0 Å². The molecule has 0 saturated carbocycles. The molecular weight excluding hydrogens is 1030 g/mol. The van der Waals surface area contributed by atoms with E-state index < -0.39 is 74.2 Å². The molecule has 0 aromatic carbocycles. The fourth-order valence-electron chi connectivity index (χ4n) is 11.2. The van der Waals surface area contributed by atoms with E-state index in [-0.39, 0.29) is 12.8 Å². The third-order valence-electron chi connectivity index (χ3n) is 16.8. The highest BCUT2D eigenvalue weighted by atomic mass is 16.7. The molecule has 0 aromatic rings. The molecule has 1 saturated heterocycles. The van der Waals surface area contributed by atoms with Crippen molar-refractivity contribution in [2.24, 2.45) is 0 Å². The number of amides is 1. The van der Waals surface area contributed by atoms with Gasteiger partial charge in [0.1, 0.15) is 36.6 Å². The Morgan fingerprint density at radius 2 is 0.768 bits per heavy atom. The molecule has 0 aromatic heterocycles. The van der Waals surface area contributed by atoms with Gasteiger partial charge >= 0.3 is 0 Å². The van der Waals surface area contributed by atoms with E-state index in [0.29, 0.717) is 19.3 Å². The number of hydrogen-bond donors (Lipinski definition) is 8. The van der Waals surface area contributed by atoms with E-state index in [9.17, 15) is 40.5 Å². The van der Waals surface area contributed by atoms with Crippen molar-refractivity contribution in [3.05, 3.63) is 48.6 Å². The van der Waals surface area contributed by atoms with Crippen molar-refractivity contribution in [2.45, 2.75) is 384 Å². The molecule has 482 valence electrons. The minimum atomic E-state index is -1.67. The van der Waals surface area contributed by atoms with Crippen molar-refractivity contribution >= 4 is 5.91 Å². The Morgan fingerprint density at radius 1 is 0.427 bits per heavy atom. The lowest BCUT2D eigenvalue weighted by molar-refractivity contribution is -0.303. The zero-order valence-electron chi connectivity index (χ0n) is 53.2. The molecule has 1 aliphatic rings. The van der Waals surface area contributed by atoms with Crippen LogP contribution in [0, 0.1) is 0 Å². The number of carbonyl (C=O) groups is 1. The van der Waals surface area contributed by atoms with Gasteiger partial charge in [-0.2, -0.15) is 0 Å². The Bertz CT molecular complexity index is 1470. The average molecular weight is 1160 g/mol. The summed E-state index contributed by atoms with van der Waals surface area (Å²) in [4.78, 5) is 13.2. The smallest absolute Gasteiger partial charge is 0.249 e. The van der Waals surface area contributed by atoms with Crippen LogP contribution >= 0.6 is 0 Å². The van der Waals surface area contributed by atoms with Crippen LogP contribution in [0.2, 0.25) is 0 Å². The van der Waals surface area contributed by atoms with Gasteiger partial charge in [-0.3, -0.25) is 4.79 Å². The van der Waals surface area contributed by atoms with Gasteiger partial charge in [0.05, 0.1) is 25.4 Å². The maximum Gasteiger partial charge on any atom is 0.249 e. The van der Waals surface area contributed by atoms with E-state index in [1.54, 1.807) is 0 Å². The Morgan fingerprint density at radius 3 is 1.16 bits per heavy atom. The molecule has 0 radical (unpaired) electrons. The minimum absolute atomic E-state index is 0.247. The Kier molecular flexibility index (Phi) is 56.6. The van der Waals surface area contributed by atoms with Gasteiger partial charge in [0.15, 0.2) is 6.29 Å².